The molecule has 0 unspecified atom stereocenters. The number of nitrogens with zero attached hydrogens (tertiary/aromatic N) is 4. The number of ether oxygens (including phenoxy) is 2. The van der Waals surface area contributed by atoms with Crippen LogP contribution in [0.3, 0.4) is 0 Å². The number of esters is 1. The summed E-state index contributed by atoms with van der Waals surface area (Å²) in [6.07, 6.45) is 1.65. The molecule has 0 aliphatic rings. The van der Waals surface area contributed by atoms with Crippen LogP contribution >= 0.6 is 23.1 Å². The number of anilines is 1. The van der Waals surface area contributed by atoms with E-state index >= 15 is 0 Å². The largest absolute Gasteiger partial charge is 0.462 e. The summed E-state index contributed by atoms with van der Waals surface area (Å²) in [5.74, 6) is -0.281. The number of hydrogen-bond acceptors (Lipinski definition) is 9. The second kappa shape index (κ2) is 11.7. The highest BCUT2D eigenvalue weighted by Gasteiger charge is 2.19. The normalized spacial score (nSPS) is 10.9. The van der Waals surface area contributed by atoms with Gasteiger partial charge in [-0.15, -0.1) is 16.8 Å². The number of aryl methyl sites for hydroxylation is 1. The molecule has 34 heavy (non-hydrogen) atoms. The van der Waals surface area contributed by atoms with Crippen LogP contribution in [0.25, 0.3) is 11.4 Å². The Morgan fingerprint density at radius 2 is 2.03 bits per heavy atom. The van der Waals surface area contributed by atoms with Crippen molar-refractivity contribution in [2.45, 2.75) is 32.2 Å². The molecule has 1 N–H and O–H groups in total. The Balaban J connectivity index is 1.67. The standard InChI is InChI=1S/C21H21F2N5O4S2/c1-4-10-28-17(13-6-8-14(9-7-13)32-19(22)23)26-27-21(28)33-11-15(29)25-20-24-12(3)16(34-20)18(30)31-5-2/h4,6-9,19H,1,5,10-11H2,2-3H3,(H,24,25,29). The molecule has 1 amide bonds. The molecule has 0 radical (unpaired) electrons. The first-order valence-corrected chi connectivity index (χ1v) is 11.8. The summed E-state index contributed by atoms with van der Waals surface area (Å²) < 4.78 is 35.8. The number of carbonyl (C=O) groups excluding carboxylic acids is 2. The lowest BCUT2D eigenvalue weighted by molar-refractivity contribution is -0.113. The number of amides is 1. The van der Waals surface area contributed by atoms with E-state index in [1.54, 1.807) is 36.6 Å². The van der Waals surface area contributed by atoms with E-state index < -0.39 is 12.6 Å². The smallest absolute Gasteiger partial charge is 0.387 e. The SMILES string of the molecule is C=CCn1c(SCC(=O)Nc2nc(C)c(C(=O)OCC)s2)nnc1-c1ccc(OC(F)F)cc1. The maximum absolute atomic E-state index is 12.4. The number of thiazole rings is 1. The number of benzene rings is 1. The van der Waals surface area contributed by atoms with Gasteiger partial charge in [-0.3, -0.25) is 9.36 Å². The molecule has 0 spiro atoms. The lowest BCUT2D eigenvalue weighted by Crippen LogP contribution is -2.14. The zero-order chi connectivity index (χ0) is 24.7. The van der Waals surface area contributed by atoms with Gasteiger partial charge in [-0.1, -0.05) is 29.2 Å². The highest BCUT2D eigenvalue weighted by atomic mass is 32.2. The van der Waals surface area contributed by atoms with Gasteiger partial charge in [0.25, 0.3) is 0 Å². The second-order valence-electron chi connectivity index (χ2n) is 6.60. The van der Waals surface area contributed by atoms with Crippen molar-refractivity contribution in [3.8, 4) is 17.1 Å². The molecule has 3 aromatic rings. The first-order chi connectivity index (χ1) is 16.3. The third-order valence-corrected chi connectivity index (χ3v) is 6.22. The molecule has 0 aliphatic heterocycles. The minimum absolute atomic E-state index is 0.0177. The molecule has 9 nitrogen and oxygen atoms in total. The van der Waals surface area contributed by atoms with Crippen LogP contribution in [0.1, 0.15) is 22.3 Å². The van der Waals surface area contributed by atoms with Crippen LogP contribution in [0.5, 0.6) is 5.75 Å². The Hall–Kier alpha value is -3.32. The highest BCUT2D eigenvalue weighted by molar-refractivity contribution is 7.99. The van der Waals surface area contributed by atoms with Gasteiger partial charge >= 0.3 is 12.6 Å². The molecule has 2 heterocycles. The number of aromatic nitrogens is 4. The Morgan fingerprint density at radius 1 is 1.29 bits per heavy atom. The van der Waals surface area contributed by atoms with Crippen LogP contribution in [0.4, 0.5) is 13.9 Å². The van der Waals surface area contributed by atoms with E-state index in [4.69, 9.17) is 4.74 Å². The molecule has 0 bridgehead atoms. The fourth-order valence-electron chi connectivity index (χ4n) is 2.81. The molecule has 13 heteroatoms. The van der Waals surface area contributed by atoms with Crippen LogP contribution in [-0.2, 0) is 16.1 Å². The average Bonchev–Trinajstić information content (AvgIpc) is 3.36. The molecular weight excluding hydrogens is 488 g/mol. The fourth-order valence-corrected chi connectivity index (χ4v) is 4.43. The Morgan fingerprint density at radius 3 is 2.68 bits per heavy atom. The van der Waals surface area contributed by atoms with Crippen LogP contribution in [0.2, 0.25) is 0 Å². The summed E-state index contributed by atoms with van der Waals surface area (Å²) in [6, 6.07) is 6.01. The van der Waals surface area contributed by atoms with Crippen molar-refractivity contribution in [1.29, 1.82) is 0 Å². The molecule has 0 fully saturated rings. The zero-order valence-electron chi connectivity index (χ0n) is 18.3. The Kier molecular flexibility index (Phi) is 8.71. The van der Waals surface area contributed by atoms with Crippen molar-refractivity contribution in [2.24, 2.45) is 0 Å². The van der Waals surface area contributed by atoms with Crippen LogP contribution in [0.15, 0.2) is 42.1 Å². The van der Waals surface area contributed by atoms with E-state index in [9.17, 15) is 18.4 Å². The van der Waals surface area contributed by atoms with Gasteiger partial charge in [0, 0.05) is 12.1 Å². The number of allylic oxidation sites excluding steroid dienone is 1. The molecule has 180 valence electrons. The highest BCUT2D eigenvalue weighted by Crippen LogP contribution is 2.27. The maximum atomic E-state index is 12.4. The molecule has 3 rings (SSSR count). The van der Waals surface area contributed by atoms with E-state index in [0.29, 0.717) is 38.8 Å². The summed E-state index contributed by atoms with van der Waals surface area (Å²) >= 11 is 2.20. The first-order valence-electron chi connectivity index (χ1n) is 9.98. The molecule has 2 aromatic heterocycles. The van der Waals surface area contributed by atoms with Crippen molar-refractivity contribution in [3.05, 3.63) is 47.5 Å². The molecular formula is C21H21F2N5O4S2. The monoisotopic (exact) mass is 509 g/mol. The number of thioether (sulfide) groups is 1. The quantitative estimate of drug-likeness (QED) is 0.230. The summed E-state index contributed by atoms with van der Waals surface area (Å²) in [7, 11) is 0. The topological polar surface area (TPSA) is 108 Å². The van der Waals surface area contributed by atoms with Gasteiger partial charge in [0.15, 0.2) is 16.1 Å². The third kappa shape index (κ3) is 6.38. The van der Waals surface area contributed by atoms with Gasteiger partial charge in [-0.25, -0.2) is 9.78 Å². The molecule has 0 saturated heterocycles. The van der Waals surface area contributed by atoms with E-state index in [0.717, 1.165) is 23.1 Å². The number of carbonyl (C=O) groups is 2. The summed E-state index contributed by atoms with van der Waals surface area (Å²) in [6.45, 7) is 4.82. The summed E-state index contributed by atoms with van der Waals surface area (Å²) in [4.78, 5) is 28.9. The van der Waals surface area contributed by atoms with Crippen LogP contribution in [0, 0.1) is 6.92 Å². The molecule has 0 saturated carbocycles. The van der Waals surface area contributed by atoms with Gasteiger partial charge in [-0.2, -0.15) is 8.78 Å². The Bertz CT molecular complexity index is 1160. The number of rotatable bonds is 11. The average molecular weight is 510 g/mol. The minimum Gasteiger partial charge on any atom is -0.462 e. The van der Waals surface area contributed by atoms with Gasteiger partial charge in [0.2, 0.25) is 5.91 Å². The third-order valence-electron chi connectivity index (χ3n) is 4.20. The maximum Gasteiger partial charge on any atom is 0.387 e. The predicted octanol–water partition coefficient (Wildman–Crippen LogP) is 4.40. The van der Waals surface area contributed by atoms with Crippen LogP contribution < -0.4 is 10.1 Å². The van der Waals surface area contributed by atoms with Gasteiger partial charge < -0.3 is 14.8 Å². The number of nitrogens with one attached hydrogen (secondary N) is 1. The summed E-state index contributed by atoms with van der Waals surface area (Å²) in [5, 5.41) is 11.8. The number of halogens is 2. The van der Waals surface area contributed by atoms with Gasteiger partial charge in [0.05, 0.1) is 18.1 Å². The molecule has 0 aliphatic carbocycles. The van der Waals surface area contributed by atoms with Crippen molar-refractivity contribution >= 4 is 40.1 Å². The lowest BCUT2D eigenvalue weighted by Gasteiger charge is -2.09. The van der Waals surface area contributed by atoms with Crippen molar-refractivity contribution in [3.63, 3.8) is 0 Å². The van der Waals surface area contributed by atoms with Crippen LogP contribution in [-0.4, -0.2) is 50.6 Å². The van der Waals surface area contributed by atoms with Gasteiger partial charge in [0.1, 0.15) is 10.6 Å². The van der Waals surface area contributed by atoms with E-state index in [1.165, 1.54) is 12.1 Å². The molecule has 1 aromatic carbocycles. The first kappa shape index (κ1) is 25.3. The van der Waals surface area contributed by atoms with E-state index in [1.807, 2.05) is 0 Å². The lowest BCUT2D eigenvalue weighted by atomic mass is 10.2. The molecule has 0 atom stereocenters. The Labute approximate surface area is 202 Å². The summed E-state index contributed by atoms with van der Waals surface area (Å²) in [5.41, 5.74) is 1.11. The number of alkyl halides is 2. The van der Waals surface area contributed by atoms with Crippen molar-refractivity contribution in [1.82, 2.24) is 19.7 Å². The van der Waals surface area contributed by atoms with Gasteiger partial charge in [-0.05, 0) is 38.1 Å². The second-order valence-corrected chi connectivity index (χ2v) is 8.54. The zero-order valence-corrected chi connectivity index (χ0v) is 19.9. The van der Waals surface area contributed by atoms with Crippen molar-refractivity contribution < 1.29 is 27.8 Å². The van der Waals surface area contributed by atoms with E-state index in [2.05, 4.69) is 31.8 Å². The van der Waals surface area contributed by atoms with Crippen molar-refractivity contribution in [2.75, 3.05) is 17.7 Å². The van der Waals surface area contributed by atoms with E-state index in [-0.39, 0.29) is 24.0 Å². The minimum atomic E-state index is -2.91. The number of hydrogen-bond donors (Lipinski definition) is 1. The fraction of sp³-hybridized carbons (Fsp3) is 0.286. The predicted molar refractivity (Wildman–Crippen MR) is 124 cm³/mol.